The Bertz CT molecular complexity index is 463. The number of hydrogen-bond donors (Lipinski definition) is 2. The van der Waals surface area contributed by atoms with Crippen LogP contribution in [-0.2, 0) is 5.60 Å². The van der Waals surface area contributed by atoms with Gasteiger partial charge in [-0.15, -0.1) is 0 Å². The Balaban J connectivity index is 2.63. The van der Waals surface area contributed by atoms with E-state index in [2.05, 4.69) is 18.0 Å². The van der Waals surface area contributed by atoms with Crippen molar-refractivity contribution in [2.75, 3.05) is 0 Å². The van der Waals surface area contributed by atoms with Crippen LogP contribution >= 0.6 is 0 Å². The third-order valence-corrected chi connectivity index (χ3v) is 2.60. The molecule has 0 aliphatic carbocycles. The van der Waals surface area contributed by atoms with Crippen LogP contribution in [-0.4, -0.2) is 10.1 Å². The zero-order chi connectivity index (χ0) is 10.3. The summed E-state index contributed by atoms with van der Waals surface area (Å²) in [6.45, 7) is 5.66. The highest BCUT2D eigenvalue weighted by molar-refractivity contribution is 5.83. The first kappa shape index (κ1) is 9.28. The Labute approximate surface area is 83.6 Å². The maximum Gasteiger partial charge on any atom is 0.0841 e. The molecule has 0 saturated heterocycles. The molecule has 1 aromatic heterocycles. The molecule has 2 N–H and O–H groups in total. The zero-order valence-electron chi connectivity index (χ0n) is 8.76. The lowest BCUT2D eigenvalue weighted by Crippen LogP contribution is -2.14. The molecule has 0 aliphatic rings. The van der Waals surface area contributed by atoms with E-state index in [0.717, 1.165) is 11.1 Å². The van der Waals surface area contributed by atoms with Gasteiger partial charge in [-0.1, -0.05) is 12.1 Å². The highest BCUT2D eigenvalue weighted by atomic mass is 16.3. The van der Waals surface area contributed by atoms with Crippen LogP contribution in [0.3, 0.4) is 0 Å². The number of aliphatic hydroxyl groups is 1. The molecule has 0 fully saturated rings. The maximum atomic E-state index is 9.84. The van der Waals surface area contributed by atoms with E-state index >= 15 is 0 Å². The molecule has 74 valence electrons. The monoisotopic (exact) mass is 189 g/mol. The number of hydrogen-bond acceptors (Lipinski definition) is 1. The van der Waals surface area contributed by atoms with Crippen LogP contribution in [0.1, 0.15) is 25.0 Å². The number of H-pyrrole nitrogens is 1. The summed E-state index contributed by atoms with van der Waals surface area (Å²) in [5.74, 6) is 0. The van der Waals surface area contributed by atoms with Crippen LogP contribution < -0.4 is 0 Å². The topological polar surface area (TPSA) is 36.0 Å². The van der Waals surface area contributed by atoms with Gasteiger partial charge < -0.3 is 10.1 Å². The molecule has 0 bridgehead atoms. The van der Waals surface area contributed by atoms with E-state index in [1.165, 1.54) is 10.9 Å². The second kappa shape index (κ2) is 2.85. The van der Waals surface area contributed by atoms with Crippen molar-refractivity contribution in [3.63, 3.8) is 0 Å². The van der Waals surface area contributed by atoms with Crippen molar-refractivity contribution >= 4 is 10.9 Å². The minimum Gasteiger partial charge on any atom is -0.386 e. The molecule has 2 aromatic rings. The smallest absolute Gasteiger partial charge is 0.0841 e. The van der Waals surface area contributed by atoms with Crippen molar-refractivity contribution in [2.24, 2.45) is 0 Å². The summed E-state index contributed by atoms with van der Waals surface area (Å²) in [4.78, 5) is 3.19. The average molecular weight is 189 g/mol. The molecule has 0 atom stereocenters. The van der Waals surface area contributed by atoms with Gasteiger partial charge in [-0.05, 0) is 38.0 Å². The highest BCUT2D eigenvalue weighted by Gasteiger charge is 2.16. The van der Waals surface area contributed by atoms with Gasteiger partial charge in [-0.2, -0.15) is 0 Å². The molecule has 0 unspecified atom stereocenters. The Hall–Kier alpha value is -1.28. The molecular weight excluding hydrogens is 174 g/mol. The lowest BCUT2D eigenvalue weighted by Gasteiger charge is -2.17. The van der Waals surface area contributed by atoms with Gasteiger partial charge in [-0.25, -0.2) is 0 Å². The van der Waals surface area contributed by atoms with Gasteiger partial charge in [0.25, 0.3) is 0 Å². The van der Waals surface area contributed by atoms with Gasteiger partial charge in [0.2, 0.25) is 0 Å². The molecule has 0 radical (unpaired) electrons. The summed E-state index contributed by atoms with van der Waals surface area (Å²) in [6.07, 6.45) is 1.98. The highest BCUT2D eigenvalue weighted by Crippen LogP contribution is 2.25. The summed E-state index contributed by atoms with van der Waals surface area (Å²) >= 11 is 0. The summed E-state index contributed by atoms with van der Waals surface area (Å²) in [5, 5.41) is 11.1. The maximum absolute atomic E-state index is 9.84. The number of aryl methyl sites for hydroxylation is 1. The van der Waals surface area contributed by atoms with E-state index in [1.54, 1.807) is 13.8 Å². The van der Waals surface area contributed by atoms with E-state index in [4.69, 9.17) is 0 Å². The molecule has 14 heavy (non-hydrogen) atoms. The molecule has 2 heteroatoms. The number of aromatic amines is 1. The number of aromatic nitrogens is 1. The normalized spacial score (nSPS) is 12.3. The first-order chi connectivity index (χ1) is 6.48. The minimum atomic E-state index is -0.771. The van der Waals surface area contributed by atoms with Gasteiger partial charge in [0.05, 0.1) is 5.60 Å². The summed E-state index contributed by atoms with van der Waals surface area (Å²) in [6, 6.07) is 6.03. The summed E-state index contributed by atoms with van der Waals surface area (Å²) in [5.41, 5.74) is 2.49. The molecule has 0 saturated carbocycles. The van der Waals surface area contributed by atoms with E-state index in [1.807, 2.05) is 18.3 Å². The standard InChI is InChI=1S/C12H15NO/c1-8-7-13-11-6-9(12(2,3)14)4-5-10(8)11/h4-7,13-14H,1-3H3. The van der Waals surface area contributed by atoms with Gasteiger partial charge in [0, 0.05) is 17.1 Å². The Morgan fingerprint density at radius 3 is 2.64 bits per heavy atom. The third-order valence-electron chi connectivity index (χ3n) is 2.60. The van der Waals surface area contributed by atoms with Crippen LogP contribution in [0.15, 0.2) is 24.4 Å². The van der Waals surface area contributed by atoms with E-state index in [-0.39, 0.29) is 0 Å². The largest absolute Gasteiger partial charge is 0.386 e. The molecule has 2 nitrogen and oxygen atoms in total. The quantitative estimate of drug-likeness (QED) is 0.711. The fraction of sp³-hybridized carbons (Fsp3) is 0.333. The fourth-order valence-corrected chi connectivity index (χ4v) is 1.65. The molecule has 0 spiro atoms. The van der Waals surface area contributed by atoms with Crippen molar-refractivity contribution in [1.29, 1.82) is 0 Å². The van der Waals surface area contributed by atoms with Crippen molar-refractivity contribution in [2.45, 2.75) is 26.4 Å². The summed E-state index contributed by atoms with van der Waals surface area (Å²) < 4.78 is 0. The van der Waals surface area contributed by atoms with Crippen LogP contribution in [0.2, 0.25) is 0 Å². The lowest BCUT2D eigenvalue weighted by atomic mass is 9.97. The average Bonchev–Trinajstić information content (AvgIpc) is 2.46. The first-order valence-electron chi connectivity index (χ1n) is 4.79. The number of nitrogens with one attached hydrogen (secondary N) is 1. The van der Waals surface area contributed by atoms with Gasteiger partial charge in [-0.3, -0.25) is 0 Å². The van der Waals surface area contributed by atoms with Crippen molar-refractivity contribution in [3.8, 4) is 0 Å². The molecule has 1 heterocycles. The Kier molecular flexibility index (Phi) is 1.89. The molecule has 0 amide bonds. The third kappa shape index (κ3) is 1.42. The predicted molar refractivity (Wildman–Crippen MR) is 58.3 cm³/mol. The van der Waals surface area contributed by atoms with Gasteiger partial charge in [0.15, 0.2) is 0 Å². The fourth-order valence-electron chi connectivity index (χ4n) is 1.65. The molecule has 2 rings (SSSR count). The second-order valence-corrected chi connectivity index (χ2v) is 4.29. The number of rotatable bonds is 1. The van der Waals surface area contributed by atoms with E-state index in [9.17, 15) is 5.11 Å². The SMILES string of the molecule is Cc1c[nH]c2cc(C(C)(C)O)ccc12. The van der Waals surface area contributed by atoms with Gasteiger partial charge >= 0.3 is 0 Å². The van der Waals surface area contributed by atoms with Crippen molar-refractivity contribution in [3.05, 3.63) is 35.5 Å². The molecule has 0 aliphatic heterocycles. The Morgan fingerprint density at radius 1 is 1.29 bits per heavy atom. The van der Waals surface area contributed by atoms with Gasteiger partial charge in [0.1, 0.15) is 0 Å². The number of fused-ring (bicyclic) bond motifs is 1. The minimum absolute atomic E-state index is 0.771. The molecular formula is C12H15NO. The molecule has 1 aromatic carbocycles. The van der Waals surface area contributed by atoms with Crippen LogP contribution in [0.25, 0.3) is 10.9 Å². The lowest BCUT2D eigenvalue weighted by molar-refractivity contribution is 0.0787. The second-order valence-electron chi connectivity index (χ2n) is 4.29. The first-order valence-corrected chi connectivity index (χ1v) is 4.79. The van der Waals surface area contributed by atoms with Crippen LogP contribution in [0.5, 0.6) is 0 Å². The zero-order valence-corrected chi connectivity index (χ0v) is 8.76. The van der Waals surface area contributed by atoms with E-state index in [0.29, 0.717) is 0 Å². The van der Waals surface area contributed by atoms with Crippen molar-refractivity contribution in [1.82, 2.24) is 4.98 Å². The Morgan fingerprint density at radius 2 is 2.00 bits per heavy atom. The van der Waals surface area contributed by atoms with Crippen molar-refractivity contribution < 1.29 is 5.11 Å². The predicted octanol–water partition coefficient (Wildman–Crippen LogP) is 2.70. The van der Waals surface area contributed by atoms with Crippen LogP contribution in [0.4, 0.5) is 0 Å². The van der Waals surface area contributed by atoms with Crippen LogP contribution in [0, 0.1) is 6.92 Å². The summed E-state index contributed by atoms with van der Waals surface area (Å²) in [7, 11) is 0. The number of benzene rings is 1. The van der Waals surface area contributed by atoms with E-state index < -0.39 is 5.60 Å².